The van der Waals surface area contributed by atoms with E-state index in [-0.39, 0.29) is 23.7 Å². The number of ether oxygens (including phenoxy) is 1. The molecule has 0 radical (unpaired) electrons. The number of hydrogen-bond acceptors (Lipinski definition) is 5. The average Bonchev–Trinajstić information content (AvgIpc) is 3.19. The highest BCUT2D eigenvalue weighted by molar-refractivity contribution is 5.93. The highest BCUT2D eigenvalue weighted by Gasteiger charge is 2.53. The zero-order valence-corrected chi connectivity index (χ0v) is 17.6. The van der Waals surface area contributed by atoms with Crippen LogP contribution in [0.15, 0.2) is 36.4 Å². The monoisotopic (exact) mass is 444 g/mol. The lowest BCUT2D eigenvalue weighted by Crippen LogP contribution is -2.36. The molecule has 0 unspecified atom stereocenters. The summed E-state index contributed by atoms with van der Waals surface area (Å²) in [7, 11) is 0. The number of benzene rings is 2. The van der Waals surface area contributed by atoms with Gasteiger partial charge in [0.1, 0.15) is 11.9 Å². The fraction of sp³-hybridized carbons (Fsp3) is 0.458. The van der Waals surface area contributed by atoms with Gasteiger partial charge in [-0.3, -0.25) is 9.69 Å². The molecule has 170 valence electrons. The smallest absolute Gasteiger partial charge is 0.224 e. The van der Waals surface area contributed by atoms with Crippen LogP contribution in [-0.4, -0.2) is 52.4 Å². The van der Waals surface area contributed by atoms with Gasteiger partial charge in [-0.2, -0.15) is 0 Å². The first-order valence-corrected chi connectivity index (χ1v) is 11.0. The number of nitrogens with zero attached hydrogens (tertiary/aromatic N) is 1. The summed E-state index contributed by atoms with van der Waals surface area (Å²) in [4.78, 5) is 13.6. The molecule has 1 aliphatic carbocycles. The number of rotatable bonds is 5. The number of halogens is 2. The maximum atomic E-state index is 13.9. The van der Waals surface area contributed by atoms with Crippen molar-refractivity contribution in [2.24, 2.45) is 5.92 Å². The highest BCUT2D eigenvalue weighted by atomic mass is 19.1. The van der Waals surface area contributed by atoms with Crippen LogP contribution in [0.3, 0.4) is 0 Å². The van der Waals surface area contributed by atoms with Crippen LogP contribution in [0.25, 0.3) is 0 Å². The summed E-state index contributed by atoms with van der Waals surface area (Å²) in [6.07, 6.45) is 0.980. The lowest BCUT2D eigenvalue weighted by atomic mass is 9.95. The molecule has 8 heteroatoms. The Morgan fingerprint density at radius 1 is 1.22 bits per heavy atom. The standard InChI is InChI=1S/C24H26F2N2O4/c25-17-3-5-22(19(26)9-17)32-18-8-16-11-28(13-24(16,31)10-18)12-21(29)15-1-4-20-14(7-15)2-6-23(30)27-20/h1,3-5,7,9,16,18,21,29,31H,2,6,8,10-13H2,(H,27,30)/t16-,18+,21-,24-/m1/s1. The molecule has 2 aliphatic heterocycles. The van der Waals surface area contributed by atoms with E-state index in [2.05, 4.69) is 5.32 Å². The van der Waals surface area contributed by atoms with Gasteiger partial charge in [0.15, 0.2) is 11.6 Å². The Morgan fingerprint density at radius 2 is 2.06 bits per heavy atom. The largest absolute Gasteiger partial charge is 0.487 e. The molecule has 0 bridgehead atoms. The average molecular weight is 444 g/mol. The quantitative estimate of drug-likeness (QED) is 0.661. The minimum absolute atomic E-state index is 0.00384. The van der Waals surface area contributed by atoms with Crippen molar-refractivity contribution in [2.45, 2.75) is 43.5 Å². The van der Waals surface area contributed by atoms with E-state index >= 15 is 0 Å². The number of β-amino-alcohol motifs (C(OH)–C–C–N with tert-alkyl or cyclic N) is 2. The molecule has 0 spiro atoms. The van der Waals surface area contributed by atoms with Gasteiger partial charge in [-0.15, -0.1) is 0 Å². The summed E-state index contributed by atoms with van der Waals surface area (Å²) < 4.78 is 32.7. The van der Waals surface area contributed by atoms with Gasteiger partial charge in [0.25, 0.3) is 0 Å². The van der Waals surface area contributed by atoms with Gasteiger partial charge in [0.2, 0.25) is 5.91 Å². The van der Waals surface area contributed by atoms with Crippen LogP contribution in [0, 0.1) is 17.6 Å². The molecule has 3 aliphatic rings. The van der Waals surface area contributed by atoms with Gasteiger partial charge < -0.3 is 20.3 Å². The van der Waals surface area contributed by atoms with E-state index < -0.39 is 23.3 Å². The van der Waals surface area contributed by atoms with Gasteiger partial charge in [-0.05, 0) is 42.2 Å². The first-order valence-electron chi connectivity index (χ1n) is 11.0. The second-order valence-corrected chi connectivity index (χ2v) is 9.23. The van der Waals surface area contributed by atoms with E-state index in [1.807, 2.05) is 23.1 Å². The maximum Gasteiger partial charge on any atom is 0.224 e. The number of aliphatic hydroxyl groups excluding tert-OH is 1. The van der Waals surface area contributed by atoms with Crippen molar-refractivity contribution in [1.29, 1.82) is 0 Å². The van der Waals surface area contributed by atoms with E-state index in [4.69, 9.17) is 4.74 Å². The Morgan fingerprint density at radius 3 is 2.84 bits per heavy atom. The summed E-state index contributed by atoms with van der Waals surface area (Å²) in [5.74, 6) is -1.44. The molecule has 5 rings (SSSR count). The van der Waals surface area contributed by atoms with Gasteiger partial charge in [-0.1, -0.05) is 12.1 Å². The van der Waals surface area contributed by atoms with Gasteiger partial charge in [0, 0.05) is 50.1 Å². The summed E-state index contributed by atoms with van der Waals surface area (Å²) >= 11 is 0. The molecule has 2 aromatic rings. The number of hydrogen-bond donors (Lipinski definition) is 3. The molecule has 3 N–H and O–H groups in total. The van der Waals surface area contributed by atoms with Crippen LogP contribution in [0.5, 0.6) is 5.75 Å². The summed E-state index contributed by atoms with van der Waals surface area (Å²) in [6.45, 7) is 1.41. The van der Waals surface area contributed by atoms with Crippen LogP contribution in [0.2, 0.25) is 0 Å². The number of likely N-dealkylation sites (tertiary alicyclic amines) is 1. The van der Waals surface area contributed by atoms with Crippen molar-refractivity contribution >= 4 is 11.6 Å². The lowest BCUT2D eigenvalue weighted by Gasteiger charge is -2.25. The van der Waals surface area contributed by atoms with E-state index in [1.54, 1.807) is 0 Å². The predicted octanol–water partition coefficient (Wildman–Crippen LogP) is 2.79. The van der Waals surface area contributed by atoms with Gasteiger partial charge in [0.05, 0.1) is 11.7 Å². The number of fused-ring (bicyclic) bond motifs is 2. The Bertz CT molecular complexity index is 1050. The van der Waals surface area contributed by atoms with Crippen molar-refractivity contribution in [3.63, 3.8) is 0 Å². The summed E-state index contributed by atoms with van der Waals surface area (Å²) in [6, 6.07) is 8.80. The van der Waals surface area contributed by atoms with E-state index in [9.17, 15) is 23.8 Å². The molecule has 6 nitrogen and oxygen atoms in total. The Balaban J connectivity index is 1.19. The molecular formula is C24H26F2N2O4. The highest BCUT2D eigenvalue weighted by Crippen LogP contribution is 2.43. The van der Waals surface area contributed by atoms with E-state index in [0.717, 1.165) is 28.9 Å². The van der Waals surface area contributed by atoms with E-state index in [0.29, 0.717) is 45.3 Å². The molecule has 4 atom stereocenters. The maximum absolute atomic E-state index is 13.9. The molecule has 2 fully saturated rings. The second kappa shape index (κ2) is 8.10. The topological polar surface area (TPSA) is 82.0 Å². The molecule has 1 saturated carbocycles. The van der Waals surface area contributed by atoms with E-state index in [1.165, 1.54) is 6.07 Å². The fourth-order valence-corrected chi connectivity index (χ4v) is 5.32. The van der Waals surface area contributed by atoms with Crippen molar-refractivity contribution in [1.82, 2.24) is 4.90 Å². The van der Waals surface area contributed by atoms with Gasteiger partial charge in [-0.25, -0.2) is 8.78 Å². The number of aliphatic hydroxyl groups is 2. The van der Waals surface area contributed by atoms with Crippen LogP contribution in [0.4, 0.5) is 14.5 Å². The first kappa shape index (κ1) is 21.3. The van der Waals surface area contributed by atoms with Crippen molar-refractivity contribution in [3.8, 4) is 5.75 Å². The van der Waals surface area contributed by atoms with Crippen molar-refractivity contribution in [3.05, 3.63) is 59.2 Å². The number of anilines is 1. The van der Waals surface area contributed by atoms with Crippen LogP contribution < -0.4 is 10.1 Å². The summed E-state index contributed by atoms with van der Waals surface area (Å²) in [5, 5.41) is 24.7. The second-order valence-electron chi connectivity index (χ2n) is 9.23. The molecule has 1 saturated heterocycles. The van der Waals surface area contributed by atoms with Crippen molar-refractivity contribution < 1.29 is 28.5 Å². The molecule has 32 heavy (non-hydrogen) atoms. The number of aryl methyl sites for hydroxylation is 1. The Hall–Kier alpha value is -2.55. The molecular weight excluding hydrogens is 418 g/mol. The Labute approximate surface area is 184 Å². The minimum atomic E-state index is -0.957. The van der Waals surface area contributed by atoms with Crippen LogP contribution in [-0.2, 0) is 11.2 Å². The fourth-order valence-electron chi connectivity index (χ4n) is 5.32. The normalized spacial score (nSPS) is 28.2. The first-order chi connectivity index (χ1) is 15.3. The number of amides is 1. The third-order valence-corrected chi connectivity index (χ3v) is 6.89. The summed E-state index contributed by atoms with van der Waals surface area (Å²) in [5.41, 5.74) is 1.65. The SMILES string of the molecule is O=C1CCc2cc([C@H](O)CN3C[C@H]4C[C@H](Oc5ccc(F)cc5F)C[C@@]4(O)C3)ccc2N1. The van der Waals surface area contributed by atoms with Gasteiger partial charge >= 0.3 is 0 Å². The third-order valence-electron chi connectivity index (χ3n) is 6.89. The third kappa shape index (κ3) is 4.10. The zero-order valence-electron chi connectivity index (χ0n) is 17.6. The van der Waals surface area contributed by atoms with Crippen LogP contribution >= 0.6 is 0 Å². The predicted molar refractivity (Wildman–Crippen MR) is 113 cm³/mol. The lowest BCUT2D eigenvalue weighted by molar-refractivity contribution is -0.116. The Kier molecular flexibility index (Phi) is 5.39. The zero-order chi connectivity index (χ0) is 22.5. The molecule has 2 heterocycles. The van der Waals surface area contributed by atoms with Crippen LogP contribution in [0.1, 0.15) is 36.5 Å². The number of carbonyl (C=O) groups excluding carboxylic acids is 1. The minimum Gasteiger partial charge on any atom is -0.487 e. The molecule has 2 aromatic carbocycles. The van der Waals surface area contributed by atoms with Crippen molar-refractivity contribution in [2.75, 3.05) is 25.0 Å². The molecule has 1 amide bonds. The molecule has 0 aromatic heterocycles. The number of nitrogens with one attached hydrogen (secondary N) is 1. The number of carbonyl (C=O) groups is 1.